The Morgan fingerprint density at radius 2 is 2.00 bits per heavy atom. The van der Waals surface area contributed by atoms with E-state index in [2.05, 4.69) is 21.4 Å². The molecule has 5 aliphatic rings. The number of nitrogens with zero attached hydrogens (tertiary/aromatic N) is 3. The van der Waals surface area contributed by atoms with Crippen LogP contribution in [0.2, 0.25) is 0 Å². The summed E-state index contributed by atoms with van der Waals surface area (Å²) in [6.07, 6.45) is 12.2. The highest BCUT2D eigenvalue weighted by Gasteiger charge is 2.42. The molecule has 0 radical (unpaired) electrons. The summed E-state index contributed by atoms with van der Waals surface area (Å²) < 4.78 is 34.2. The number of fused-ring (bicyclic) bond motifs is 2. The molecule has 4 heterocycles. The number of piperidine rings is 1. The molecule has 9 nitrogen and oxygen atoms in total. The second-order valence-corrected chi connectivity index (χ2v) is 10.6. The van der Waals surface area contributed by atoms with E-state index in [1.807, 2.05) is 18.2 Å². The number of rotatable bonds is 3. The maximum atomic E-state index is 13.3. The third-order valence-electron chi connectivity index (χ3n) is 5.70. The average Bonchev–Trinajstić information content (AvgIpc) is 3.25. The van der Waals surface area contributed by atoms with Gasteiger partial charge in [-0.1, -0.05) is 33.6 Å². The minimum absolute atomic E-state index is 0.105. The van der Waals surface area contributed by atoms with Crippen molar-refractivity contribution in [2.75, 3.05) is 13.1 Å². The monoisotopic (exact) mass is 528 g/mol. The summed E-state index contributed by atoms with van der Waals surface area (Å²) in [5.74, 6) is 0. The minimum Gasteiger partial charge on any atom is -0.418 e. The fourth-order valence-electron chi connectivity index (χ4n) is 4.20. The molecule has 1 unspecified atom stereocenters. The van der Waals surface area contributed by atoms with Gasteiger partial charge in [-0.05, 0) is 37.1 Å². The zero-order valence-corrected chi connectivity index (χ0v) is 19.2. The molecule has 12 heteroatoms. The standard InChI is InChI=1S/C19H18BrClN4O5S/c20-13-1-2-15-12(9-13)11-29-19(26)24(15)14-5-7-23(8-6-14)31(27,28)17-3-4-18(21)25-16(17)10-22-30-25/h1-4,9-11,14-15,22H,5-8H2. The van der Waals surface area contributed by atoms with Crippen LogP contribution in [-0.4, -0.2) is 54.0 Å². The third kappa shape index (κ3) is 3.54. The van der Waals surface area contributed by atoms with Crippen molar-refractivity contribution in [3.8, 4) is 0 Å². The van der Waals surface area contributed by atoms with Crippen molar-refractivity contribution >= 4 is 43.6 Å². The quantitative estimate of drug-likeness (QED) is 0.562. The van der Waals surface area contributed by atoms with E-state index in [4.69, 9.17) is 21.3 Å². The zero-order valence-electron chi connectivity index (χ0n) is 16.1. The molecular formula is C19H18BrClN4O5S. The second kappa shape index (κ2) is 7.82. The van der Waals surface area contributed by atoms with Crippen molar-refractivity contribution in [3.63, 3.8) is 0 Å². The number of halogens is 2. The molecule has 0 saturated carbocycles. The predicted molar refractivity (Wildman–Crippen MR) is 116 cm³/mol. The number of allylic oxidation sites excluding steroid dienone is 4. The smallest absolute Gasteiger partial charge is 0.415 e. The molecule has 164 valence electrons. The number of hydrogen-bond acceptors (Lipinski definition) is 7. The number of hydrogen-bond donors (Lipinski definition) is 1. The Kier molecular flexibility index (Phi) is 5.25. The average molecular weight is 530 g/mol. The van der Waals surface area contributed by atoms with Crippen molar-refractivity contribution in [1.29, 1.82) is 0 Å². The van der Waals surface area contributed by atoms with Gasteiger partial charge in [-0.15, -0.1) is 0 Å². The lowest BCUT2D eigenvalue weighted by molar-refractivity contribution is -0.117. The molecule has 31 heavy (non-hydrogen) atoms. The Morgan fingerprint density at radius 3 is 2.77 bits per heavy atom. The molecule has 1 N–H and O–H groups in total. The van der Waals surface area contributed by atoms with Crippen molar-refractivity contribution in [1.82, 2.24) is 19.7 Å². The van der Waals surface area contributed by atoms with E-state index in [0.717, 1.165) is 10.1 Å². The highest BCUT2D eigenvalue weighted by atomic mass is 79.9. The van der Waals surface area contributed by atoms with Gasteiger partial charge in [0.2, 0.25) is 10.0 Å². The summed E-state index contributed by atoms with van der Waals surface area (Å²) in [6.45, 7) is 0.560. The largest absolute Gasteiger partial charge is 0.418 e. The number of hydroxylamine groups is 3. The van der Waals surface area contributed by atoms with Gasteiger partial charge in [0.15, 0.2) is 0 Å². The number of carbonyl (C=O) groups excluding carboxylic acids is 1. The molecule has 1 fully saturated rings. The van der Waals surface area contributed by atoms with Gasteiger partial charge < -0.3 is 4.74 Å². The van der Waals surface area contributed by atoms with Crippen LogP contribution in [0.3, 0.4) is 0 Å². The van der Waals surface area contributed by atoms with E-state index >= 15 is 0 Å². The van der Waals surface area contributed by atoms with Crippen LogP contribution in [0.25, 0.3) is 0 Å². The molecule has 0 aromatic heterocycles. The number of sulfonamides is 1. The number of nitrogens with one attached hydrogen (secondary N) is 1. The van der Waals surface area contributed by atoms with Crippen molar-refractivity contribution < 1.29 is 22.9 Å². The Morgan fingerprint density at radius 1 is 1.23 bits per heavy atom. The maximum Gasteiger partial charge on any atom is 0.415 e. The summed E-state index contributed by atoms with van der Waals surface area (Å²) in [5, 5.41) is 1.47. The van der Waals surface area contributed by atoms with Crippen LogP contribution in [0, 0.1) is 0 Å². The minimum atomic E-state index is -3.78. The van der Waals surface area contributed by atoms with Gasteiger partial charge in [0, 0.05) is 29.2 Å². The lowest BCUT2D eigenvalue weighted by atomic mass is 9.96. The summed E-state index contributed by atoms with van der Waals surface area (Å²) in [6, 6.07) is -0.353. The number of carbonyl (C=O) groups is 1. The van der Waals surface area contributed by atoms with Crippen LogP contribution >= 0.6 is 27.5 Å². The molecule has 0 bridgehead atoms. The summed E-state index contributed by atoms with van der Waals surface area (Å²) in [7, 11) is -3.78. The van der Waals surface area contributed by atoms with Gasteiger partial charge in [0.1, 0.15) is 22.0 Å². The molecular weight excluding hydrogens is 512 g/mol. The Hall–Kier alpha value is -2.05. The number of ether oxygens (including phenoxy) is 1. The van der Waals surface area contributed by atoms with Crippen LogP contribution in [0.5, 0.6) is 0 Å². The van der Waals surface area contributed by atoms with E-state index < -0.39 is 16.1 Å². The van der Waals surface area contributed by atoms with Crippen molar-refractivity contribution in [2.45, 2.75) is 24.9 Å². The molecule has 4 aliphatic heterocycles. The van der Waals surface area contributed by atoms with Gasteiger partial charge >= 0.3 is 6.09 Å². The van der Waals surface area contributed by atoms with Gasteiger partial charge in [0.25, 0.3) is 0 Å². The molecule has 0 spiro atoms. The third-order valence-corrected chi connectivity index (χ3v) is 8.42. The van der Waals surface area contributed by atoms with Crippen LogP contribution in [-0.2, 0) is 19.7 Å². The predicted octanol–water partition coefficient (Wildman–Crippen LogP) is 2.90. The first-order chi connectivity index (χ1) is 14.9. The second-order valence-electron chi connectivity index (χ2n) is 7.43. The number of cyclic esters (lactones) is 1. The van der Waals surface area contributed by atoms with Gasteiger partial charge in [0.05, 0.1) is 12.2 Å². The van der Waals surface area contributed by atoms with E-state index in [1.54, 1.807) is 4.90 Å². The maximum absolute atomic E-state index is 13.3. The van der Waals surface area contributed by atoms with Crippen LogP contribution in [0.1, 0.15) is 12.8 Å². The molecule has 1 saturated heterocycles. The first-order valence-electron chi connectivity index (χ1n) is 9.61. The summed E-state index contributed by atoms with van der Waals surface area (Å²) in [5.41, 5.74) is 3.72. The molecule has 5 rings (SSSR count). The Labute approximate surface area is 192 Å². The normalized spacial score (nSPS) is 26.7. The van der Waals surface area contributed by atoms with E-state index in [9.17, 15) is 13.2 Å². The Bertz CT molecular complexity index is 1120. The lowest BCUT2D eigenvalue weighted by Crippen LogP contribution is -2.54. The van der Waals surface area contributed by atoms with Crippen LogP contribution in [0.4, 0.5) is 4.79 Å². The topological polar surface area (TPSA) is 91.4 Å². The zero-order chi connectivity index (χ0) is 21.8. The fraction of sp³-hybridized carbons (Fsp3) is 0.316. The first-order valence-corrected chi connectivity index (χ1v) is 12.2. The summed E-state index contributed by atoms with van der Waals surface area (Å²) >= 11 is 9.50. The Balaban J connectivity index is 1.32. The summed E-state index contributed by atoms with van der Waals surface area (Å²) in [4.78, 5) is 19.5. The van der Waals surface area contributed by atoms with Gasteiger partial charge in [-0.2, -0.15) is 14.3 Å². The van der Waals surface area contributed by atoms with Crippen LogP contribution < -0.4 is 5.48 Å². The van der Waals surface area contributed by atoms with Crippen molar-refractivity contribution in [2.24, 2.45) is 0 Å². The van der Waals surface area contributed by atoms with E-state index in [0.29, 0.717) is 18.5 Å². The van der Waals surface area contributed by atoms with E-state index in [-0.39, 0.29) is 35.2 Å². The van der Waals surface area contributed by atoms with E-state index in [1.165, 1.54) is 34.0 Å². The highest BCUT2D eigenvalue weighted by molar-refractivity contribution is 9.11. The fourth-order valence-corrected chi connectivity index (χ4v) is 6.42. The van der Waals surface area contributed by atoms with Crippen LogP contribution in [0.15, 0.2) is 68.7 Å². The first kappa shape index (κ1) is 20.8. The SMILES string of the molecule is O=C1OC=C2C=C(Br)C=CC2N1C1CCN(S(=O)(=O)C2=CC=C(Cl)N3ONC=C23)CC1. The van der Waals surface area contributed by atoms with Gasteiger partial charge in [-0.3, -0.25) is 4.90 Å². The molecule has 1 amide bonds. The number of amides is 1. The molecule has 1 aliphatic carbocycles. The van der Waals surface area contributed by atoms with Crippen molar-refractivity contribution in [3.05, 3.63) is 68.7 Å². The molecule has 0 aromatic rings. The lowest BCUT2D eigenvalue weighted by Gasteiger charge is -2.43. The molecule has 0 aromatic carbocycles. The van der Waals surface area contributed by atoms with Gasteiger partial charge in [-0.25, -0.2) is 18.7 Å². The molecule has 1 atom stereocenters. The highest BCUT2D eigenvalue weighted by Crippen LogP contribution is 2.36.